The van der Waals surface area contributed by atoms with Crippen LogP contribution in [0.15, 0.2) is 47.1 Å². The highest BCUT2D eigenvalue weighted by atomic mass is 79.9. The first-order valence-corrected chi connectivity index (χ1v) is 10.2. The molecule has 136 valence electrons. The van der Waals surface area contributed by atoms with E-state index in [1.807, 2.05) is 23.2 Å². The lowest BCUT2D eigenvalue weighted by Gasteiger charge is -2.35. The molecule has 1 aromatic heterocycles. The van der Waals surface area contributed by atoms with Gasteiger partial charge in [0, 0.05) is 38.8 Å². The molecule has 1 saturated heterocycles. The summed E-state index contributed by atoms with van der Waals surface area (Å²) in [5.41, 5.74) is 2.70. The first-order valence-electron chi connectivity index (χ1n) is 9.41. The summed E-state index contributed by atoms with van der Waals surface area (Å²) < 4.78 is 1.04. The zero-order chi connectivity index (χ0) is 17.9. The molecule has 26 heavy (non-hydrogen) atoms. The number of anilines is 1. The fraction of sp³-hybridized carbons (Fsp3) is 0.429. The molecule has 4 nitrogen and oxygen atoms in total. The predicted molar refractivity (Wildman–Crippen MR) is 107 cm³/mol. The number of benzene rings is 1. The van der Waals surface area contributed by atoms with Gasteiger partial charge in [-0.2, -0.15) is 0 Å². The topological polar surface area (TPSA) is 36.4 Å². The molecule has 2 aromatic rings. The predicted octanol–water partition coefficient (Wildman–Crippen LogP) is 4.04. The van der Waals surface area contributed by atoms with Crippen LogP contribution in [0, 0.1) is 5.92 Å². The molecule has 1 amide bonds. The molecule has 0 N–H and O–H groups in total. The third-order valence-corrected chi connectivity index (χ3v) is 6.22. The van der Waals surface area contributed by atoms with E-state index in [1.165, 1.54) is 11.1 Å². The molecular weight excluding hydrogens is 390 g/mol. The van der Waals surface area contributed by atoms with Crippen molar-refractivity contribution in [3.8, 4) is 0 Å². The number of hydrogen-bond donors (Lipinski definition) is 0. The van der Waals surface area contributed by atoms with Crippen molar-refractivity contribution in [3.05, 3.63) is 58.2 Å². The normalized spacial score (nSPS) is 17.9. The third kappa shape index (κ3) is 3.78. The summed E-state index contributed by atoms with van der Waals surface area (Å²) in [6, 6.07) is 12.5. The van der Waals surface area contributed by atoms with Crippen LogP contribution >= 0.6 is 15.9 Å². The number of aromatic nitrogens is 1. The summed E-state index contributed by atoms with van der Waals surface area (Å²) in [5.74, 6) is 1.82. The molecule has 0 radical (unpaired) electrons. The second-order valence-corrected chi connectivity index (χ2v) is 8.13. The fourth-order valence-electron chi connectivity index (χ4n) is 4.04. The molecule has 3 heterocycles. The lowest BCUT2D eigenvalue weighted by molar-refractivity contribution is -0.133. The average molecular weight is 414 g/mol. The summed E-state index contributed by atoms with van der Waals surface area (Å²) in [6.45, 7) is 3.57. The maximum Gasteiger partial charge on any atom is 0.223 e. The van der Waals surface area contributed by atoms with Crippen molar-refractivity contribution in [1.29, 1.82) is 0 Å². The summed E-state index contributed by atoms with van der Waals surface area (Å²) in [7, 11) is 0. The maximum atomic E-state index is 12.8. The van der Waals surface area contributed by atoms with Crippen molar-refractivity contribution < 1.29 is 4.79 Å². The molecule has 2 aliphatic rings. The molecule has 1 fully saturated rings. The van der Waals surface area contributed by atoms with Gasteiger partial charge in [0.1, 0.15) is 5.82 Å². The van der Waals surface area contributed by atoms with E-state index in [-0.39, 0.29) is 0 Å². The minimum atomic E-state index is 0.317. The first kappa shape index (κ1) is 17.5. The third-order valence-electron chi connectivity index (χ3n) is 5.60. The van der Waals surface area contributed by atoms with Gasteiger partial charge < -0.3 is 9.80 Å². The smallest absolute Gasteiger partial charge is 0.223 e. The minimum absolute atomic E-state index is 0.317. The fourth-order valence-corrected chi connectivity index (χ4v) is 4.55. The maximum absolute atomic E-state index is 12.8. The molecule has 0 aliphatic carbocycles. The van der Waals surface area contributed by atoms with E-state index in [1.54, 1.807) is 0 Å². The molecule has 0 atom stereocenters. The van der Waals surface area contributed by atoms with Gasteiger partial charge in [-0.1, -0.05) is 24.3 Å². The second-order valence-electron chi connectivity index (χ2n) is 7.28. The molecular formula is C21H24BrN3O. The quantitative estimate of drug-likeness (QED) is 0.761. The summed E-state index contributed by atoms with van der Waals surface area (Å²) in [4.78, 5) is 21.6. The van der Waals surface area contributed by atoms with Crippen molar-refractivity contribution in [3.63, 3.8) is 0 Å². The summed E-state index contributed by atoms with van der Waals surface area (Å²) >= 11 is 3.59. The average Bonchev–Trinajstić information content (AvgIpc) is 2.69. The molecule has 0 spiro atoms. The Morgan fingerprint density at radius 3 is 2.62 bits per heavy atom. The van der Waals surface area contributed by atoms with Crippen LogP contribution in [0.3, 0.4) is 0 Å². The van der Waals surface area contributed by atoms with Gasteiger partial charge in [-0.3, -0.25) is 4.79 Å². The van der Waals surface area contributed by atoms with Crippen molar-refractivity contribution in [1.82, 2.24) is 9.88 Å². The number of hydrogen-bond acceptors (Lipinski definition) is 3. The molecule has 4 rings (SSSR count). The number of rotatable bonds is 3. The number of halogens is 1. The zero-order valence-electron chi connectivity index (χ0n) is 14.9. The summed E-state index contributed by atoms with van der Waals surface area (Å²) in [5, 5.41) is 0. The number of carbonyl (C=O) groups excluding carboxylic acids is 1. The highest BCUT2D eigenvalue weighted by Gasteiger charge is 2.26. The van der Waals surface area contributed by atoms with Crippen molar-refractivity contribution in [2.24, 2.45) is 5.92 Å². The molecule has 0 unspecified atom stereocenters. The highest BCUT2D eigenvalue weighted by molar-refractivity contribution is 9.10. The van der Waals surface area contributed by atoms with Crippen LogP contribution in [0.5, 0.6) is 0 Å². The van der Waals surface area contributed by atoms with Crippen LogP contribution in [0.4, 0.5) is 5.82 Å². The SMILES string of the molecule is O=C(CC1CCN(c2ncccc2Br)CC1)N1CCc2ccccc2C1. The van der Waals surface area contributed by atoms with Gasteiger partial charge >= 0.3 is 0 Å². The van der Waals surface area contributed by atoms with Gasteiger partial charge in [-0.25, -0.2) is 4.98 Å². The van der Waals surface area contributed by atoms with Crippen molar-refractivity contribution in [2.75, 3.05) is 24.5 Å². The molecule has 1 aromatic carbocycles. The van der Waals surface area contributed by atoms with Crippen molar-refractivity contribution >= 4 is 27.7 Å². The van der Waals surface area contributed by atoms with Gasteiger partial charge in [-0.05, 0) is 64.4 Å². The van der Waals surface area contributed by atoms with Crippen LogP contribution in [-0.2, 0) is 17.8 Å². The Hall–Kier alpha value is -1.88. The van der Waals surface area contributed by atoms with Gasteiger partial charge in [0.2, 0.25) is 5.91 Å². The summed E-state index contributed by atoms with van der Waals surface area (Å²) in [6.07, 6.45) is 5.61. The van der Waals surface area contributed by atoms with E-state index in [0.29, 0.717) is 18.2 Å². The lowest BCUT2D eigenvalue weighted by Crippen LogP contribution is -2.39. The zero-order valence-corrected chi connectivity index (χ0v) is 16.5. The number of nitrogens with zero attached hydrogens (tertiary/aromatic N) is 3. The van der Waals surface area contributed by atoms with Crippen LogP contribution in [-0.4, -0.2) is 35.4 Å². The van der Waals surface area contributed by atoms with E-state index < -0.39 is 0 Å². The van der Waals surface area contributed by atoms with Crippen LogP contribution in [0.2, 0.25) is 0 Å². The Labute approximate surface area is 163 Å². The first-order chi connectivity index (χ1) is 12.7. The molecule has 5 heteroatoms. The van der Waals surface area contributed by atoms with E-state index in [0.717, 1.165) is 55.7 Å². The minimum Gasteiger partial charge on any atom is -0.356 e. The van der Waals surface area contributed by atoms with E-state index in [2.05, 4.69) is 50.1 Å². The van der Waals surface area contributed by atoms with Crippen LogP contribution < -0.4 is 4.90 Å². The molecule has 2 aliphatic heterocycles. The highest BCUT2D eigenvalue weighted by Crippen LogP contribution is 2.29. The lowest BCUT2D eigenvalue weighted by atomic mass is 9.92. The second kappa shape index (κ2) is 7.78. The number of amides is 1. The Bertz CT molecular complexity index is 786. The van der Waals surface area contributed by atoms with Crippen molar-refractivity contribution in [2.45, 2.75) is 32.2 Å². The molecule has 0 bridgehead atoms. The monoisotopic (exact) mass is 413 g/mol. The van der Waals surface area contributed by atoms with Crippen LogP contribution in [0.1, 0.15) is 30.4 Å². The Morgan fingerprint density at radius 2 is 1.85 bits per heavy atom. The number of pyridine rings is 1. The van der Waals surface area contributed by atoms with Crippen LogP contribution in [0.25, 0.3) is 0 Å². The van der Waals surface area contributed by atoms with Gasteiger partial charge in [-0.15, -0.1) is 0 Å². The Kier molecular flexibility index (Phi) is 5.25. The number of fused-ring (bicyclic) bond motifs is 1. The molecule has 0 saturated carbocycles. The number of carbonyl (C=O) groups is 1. The van der Waals surface area contributed by atoms with E-state index >= 15 is 0 Å². The Morgan fingerprint density at radius 1 is 1.08 bits per heavy atom. The number of piperidine rings is 1. The van der Waals surface area contributed by atoms with E-state index in [4.69, 9.17) is 0 Å². The van der Waals surface area contributed by atoms with Gasteiger partial charge in [0.15, 0.2) is 0 Å². The Balaban J connectivity index is 1.31. The standard InChI is InChI=1S/C21H24BrN3O/c22-19-6-3-10-23-21(19)24-11-7-16(8-12-24)14-20(26)25-13-9-17-4-1-2-5-18(17)15-25/h1-6,10,16H,7-9,11-15H2. The van der Waals surface area contributed by atoms with Gasteiger partial charge in [0.25, 0.3) is 0 Å². The largest absolute Gasteiger partial charge is 0.356 e. The van der Waals surface area contributed by atoms with E-state index in [9.17, 15) is 4.79 Å². The van der Waals surface area contributed by atoms with Gasteiger partial charge in [0.05, 0.1) is 4.47 Å².